The van der Waals surface area contributed by atoms with Crippen LogP contribution in [0.3, 0.4) is 0 Å². The first-order valence-corrected chi connectivity index (χ1v) is 20.1. The predicted octanol–water partition coefficient (Wildman–Crippen LogP) is 10.6. The minimum atomic E-state index is -4.34. The standard InChI is InChI=1S/2C13H7F3NO.C2H6Si.2ClH.Zr/c2*14-13(15,16)9-6-8-2-1-3-10(11(8)7-9)12-17-4-5-18-12;1-3-2;;;/h2*1-7H;1-2H3;2*1H;/q2*-1;;;;+4/p-2. The molecule has 6 rings (SSSR count). The second-order valence-corrected chi connectivity index (χ2v) is 13.1. The van der Waals surface area contributed by atoms with E-state index in [0.717, 1.165) is 33.8 Å². The Morgan fingerprint density at radius 2 is 1.07 bits per heavy atom. The molecule has 0 aliphatic carbocycles. The molecule has 0 unspecified atom stereocenters. The maximum absolute atomic E-state index is 12.7. The molecule has 0 aliphatic heterocycles. The predicted molar refractivity (Wildman–Crippen MR) is 149 cm³/mol. The van der Waals surface area contributed by atoms with Crippen LogP contribution in [0.25, 0.3) is 44.5 Å². The number of fused-ring (bicyclic) bond motifs is 2. The average Bonchev–Trinajstić information content (AvgIpc) is 3.74. The molecule has 0 bridgehead atoms. The van der Waals surface area contributed by atoms with Gasteiger partial charge in [0.2, 0.25) is 11.8 Å². The fourth-order valence-corrected chi connectivity index (χ4v) is 3.88. The van der Waals surface area contributed by atoms with Crippen LogP contribution < -0.4 is 0 Å². The number of rotatable bonds is 2. The summed E-state index contributed by atoms with van der Waals surface area (Å²) in [6.07, 6.45) is -2.98. The molecule has 2 radical (unpaired) electrons. The third-order valence-corrected chi connectivity index (χ3v) is 5.48. The minimum absolute atomic E-state index is 0.319. The Morgan fingerprint density at radius 1 is 0.714 bits per heavy atom. The van der Waals surface area contributed by atoms with Crippen molar-refractivity contribution in [2.24, 2.45) is 0 Å². The third kappa shape index (κ3) is 8.69. The normalized spacial score (nSPS) is 11.1. The summed E-state index contributed by atoms with van der Waals surface area (Å²) in [4.78, 5) is 7.92. The van der Waals surface area contributed by atoms with E-state index in [-0.39, 0.29) is 0 Å². The van der Waals surface area contributed by atoms with Crippen LogP contribution in [0.4, 0.5) is 26.3 Å². The van der Waals surface area contributed by atoms with Crippen molar-refractivity contribution < 1.29 is 56.0 Å². The Hall–Kier alpha value is -2.66. The molecule has 14 heteroatoms. The molecule has 0 N–H and O–H groups in total. The van der Waals surface area contributed by atoms with Crippen molar-refractivity contribution in [1.82, 2.24) is 9.97 Å². The first-order valence-electron chi connectivity index (χ1n) is 11.8. The number of nitrogens with zero attached hydrogens (tertiary/aromatic N) is 2. The van der Waals surface area contributed by atoms with Gasteiger partial charge in [-0.3, -0.25) is 0 Å². The van der Waals surface area contributed by atoms with Crippen molar-refractivity contribution in [3.8, 4) is 22.9 Å². The zero-order chi connectivity index (χ0) is 30.9. The maximum atomic E-state index is 12.7. The van der Waals surface area contributed by atoms with Crippen molar-refractivity contribution in [1.29, 1.82) is 0 Å². The fourth-order valence-electron chi connectivity index (χ4n) is 3.88. The average molecular weight is 721 g/mol. The molecule has 0 saturated heterocycles. The van der Waals surface area contributed by atoms with Crippen LogP contribution in [0.15, 0.2) is 94.4 Å². The summed E-state index contributed by atoms with van der Waals surface area (Å²) in [6.45, 7) is 4.31. The fraction of sp³-hybridized carbons (Fsp3) is 0.143. The number of oxazole rings is 2. The summed E-state index contributed by atoms with van der Waals surface area (Å²) < 4.78 is 86.2. The molecule has 0 saturated carbocycles. The molecular weight excluding hydrogens is 701 g/mol. The van der Waals surface area contributed by atoms with Gasteiger partial charge in [0, 0.05) is 9.52 Å². The van der Waals surface area contributed by atoms with Gasteiger partial charge in [-0.25, -0.2) is 9.97 Å². The molecule has 0 amide bonds. The van der Waals surface area contributed by atoms with Crippen molar-refractivity contribution in [3.63, 3.8) is 0 Å². The van der Waals surface area contributed by atoms with E-state index in [1.807, 2.05) is 0 Å². The SMILES string of the molecule is C[Si]C.FC(F)(F)c1cc2c(-c3ncco3)cccc2[cH-]1.FC(F)(F)c1cc2c(-c3ncco3)cccc2[cH-]1.[Cl][Zr+2][Cl]. The third-order valence-electron chi connectivity index (χ3n) is 5.48. The van der Waals surface area contributed by atoms with E-state index in [4.69, 9.17) is 25.9 Å². The molecule has 2 aromatic heterocycles. The van der Waals surface area contributed by atoms with Gasteiger partial charge >= 0.3 is 50.2 Å². The Labute approximate surface area is 257 Å². The first-order chi connectivity index (χ1) is 19.9. The van der Waals surface area contributed by atoms with E-state index in [1.54, 1.807) is 36.4 Å². The van der Waals surface area contributed by atoms with Crippen LogP contribution in [-0.2, 0) is 33.2 Å². The number of halogens is 8. The molecule has 42 heavy (non-hydrogen) atoms. The number of hydrogen-bond acceptors (Lipinski definition) is 4. The molecule has 2 heterocycles. The van der Waals surface area contributed by atoms with Crippen LogP contribution in [0.5, 0.6) is 0 Å². The van der Waals surface area contributed by atoms with E-state index < -0.39 is 44.3 Å². The summed E-state index contributed by atoms with van der Waals surface area (Å²) in [7, 11) is 11.0. The van der Waals surface area contributed by atoms with Gasteiger partial charge in [-0.15, -0.1) is 57.9 Å². The molecule has 4 aromatic carbocycles. The number of alkyl halides is 6. The number of hydrogen-bond donors (Lipinski definition) is 0. The molecule has 4 nitrogen and oxygen atoms in total. The van der Waals surface area contributed by atoms with E-state index >= 15 is 0 Å². The van der Waals surface area contributed by atoms with Crippen LogP contribution in [-0.4, -0.2) is 19.5 Å². The Balaban J connectivity index is 0.000000195. The molecule has 0 fully saturated rings. The van der Waals surface area contributed by atoms with Crippen molar-refractivity contribution in [2.75, 3.05) is 0 Å². The van der Waals surface area contributed by atoms with Gasteiger partial charge in [0.15, 0.2) is 0 Å². The first kappa shape index (κ1) is 33.8. The van der Waals surface area contributed by atoms with Gasteiger partial charge in [0.1, 0.15) is 12.5 Å². The molecular formula is C28H20Cl2F6N2O2SiZr. The molecule has 6 aromatic rings. The van der Waals surface area contributed by atoms with Crippen molar-refractivity contribution in [2.45, 2.75) is 25.4 Å². The summed E-state index contributed by atoms with van der Waals surface area (Å²) in [5, 5.41) is 2.04. The molecule has 0 spiro atoms. The monoisotopic (exact) mass is 718 g/mol. The van der Waals surface area contributed by atoms with Gasteiger partial charge in [0.25, 0.3) is 0 Å². The Morgan fingerprint density at radius 3 is 1.36 bits per heavy atom. The van der Waals surface area contributed by atoms with Crippen LogP contribution in [0.2, 0.25) is 13.1 Å². The van der Waals surface area contributed by atoms with Gasteiger partial charge in [-0.1, -0.05) is 25.2 Å². The Kier molecular flexibility index (Phi) is 12.2. The van der Waals surface area contributed by atoms with Gasteiger partial charge < -0.3 is 8.83 Å². The summed E-state index contributed by atoms with van der Waals surface area (Å²) >= 11 is -0.826. The van der Waals surface area contributed by atoms with Crippen LogP contribution >= 0.6 is 17.0 Å². The zero-order valence-electron chi connectivity index (χ0n) is 21.8. The van der Waals surface area contributed by atoms with E-state index in [0.29, 0.717) is 44.5 Å². The number of aromatic nitrogens is 2. The van der Waals surface area contributed by atoms with E-state index in [1.165, 1.54) is 24.9 Å². The molecule has 218 valence electrons. The zero-order valence-corrected chi connectivity index (χ0v) is 26.8. The van der Waals surface area contributed by atoms with Crippen LogP contribution in [0, 0.1) is 0 Å². The van der Waals surface area contributed by atoms with Gasteiger partial charge in [-0.2, -0.15) is 38.5 Å². The second kappa shape index (κ2) is 15.2. The Bertz CT molecular complexity index is 1540. The van der Waals surface area contributed by atoms with E-state index in [9.17, 15) is 26.3 Å². The van der Waals surface area contributed by atoms with Gasteiger partial charge in [0.05, 0.1) is 12.4 Å². The number of benzene rings is 2. The summed E-state index contributed by atoms with van der Waals surface area (Å²) in [5.74, 6) is 0.639. The summed E-state index contributed by atoms with van der Waals surface area (Å²) in [5.41, 5.74) is -0.186. The quantitative estimate of drug-likeness (QED) is 0.102. The van der Waals surface area contributed by atoms with Crippen molar-refractivity contribution in [3.05, 3.63) is 96.7 Å². The summed E-state index contributed by atoms with van der Waals surface area (Å²) in [6, 6.07) is 14.5. The van der Waals surface area contributed by atoms with Crippen LogP contribution in [0.1, 0.15) is 11.1 Å². The van der Waals surface area contributed by atoms with Crippen molar-refractivity contribution >= 4 is 48.1 Å². The molecule has 0 aliphatic rings. The van der Waals surface area contributed by atoms with Gasteiger partial charge in [-0.05, 0) is 22.3 Å². The van der Waals surface area contributed by atoms with E-state index in [2.05, 4.69) is 23.1 Å². The molecule has 0 atom stereocenters. The second-order valence-electron chi connectivity index (χ2n) is 8.35. The topological polar surface area (TPSA) is 52.1 Å².